The molecule has 3 nitrogen and oxygen atoms in total. The van der Waals surface area contributed by atoms with Crippen molar-refractivity contribution in [3.05, 3.63) is 35.4 Å². The summed E-state index contributed by atoms with van der Waals surface area (Å²) in [6.07, 6.45) is -5.06. The molecule has 0 unspecified atom stereocenters. The Kier molecular flexibility index (Phi) is 5.73. The number of esters is 1. The first-order chi connectivity index (χ1) is 9.34. The van der Waals surface area contributed by atoms with Gasteiger partial charge in [0.2, 0.25) is 0 Å². The molecule has 1 aromatic carbocycles. The van der Waals surface area contributed by atoms with E-state index in [4.69, 9.17) is 0 Å². The minimum absolute atomic E-state index is 0.0751. The number of hydrogen-bond acceptors (Lipinski definition) is 3. The first kappa shape index (κ1) is 16.2. The summed E-state index contributed by atoms with van der Waals surface area (Å²) in [6.45, 7) is 1.85. The van der Waals surface area contributed by atoms with Crippen LogP contribution in [0.4, 0.5) is 13.2 Å². The minimum atomic E-state index is -4.49. The van der Waals surface area contributed by atoms with Crippen LogP contribution in [0.2, 0.25) is 0 Å². The van der Waals surface area contributed by atoms with Gasteiger partial charge in [0.05, 0.1) is 18.6 Å². The lowest BCUT2D eigenvalue weighted by Crippen LogP contribution is -2.13. The topological polar surface area (TPSA) is 43.4 Å². The average molecular weight is 288 g/mol. The van der Waals surface area contributed by atoms with Crippen molar-refractivity contribution in [1.82, 2.24) is 0 Å². The van der Waals surface area contributed by atoms with Gasteiger partial charge in [-0.15, -0.1) is 0 Å². The number of benzene rings is 1. The van der Waals surface area contributed by atoms with Crippen molar-refractivity contribution in [3.8, 4) is 0 Å². The summed E-state index contributed by atoms with van der Waals surface area (Å²) < 4.78 is 42.8. The molecule has 0 aromatic heterocycles. The second kappa shape index (κ2) is 7.07. The van der Waals surface area contributed by atoms with Crippen LogP contribution in [0.3, 0.4) is 0 Å². The third-order valence-corrected chi connectivity index (χ3v) is 2.62. The van der Waals surface area contributed by atoms with Crippen LogP contribution in [0.15, 0.2) is 24.3 Å². The number of Topliss-reactive ketones (excluding diaryl/α,β-unsaturated/α-hetero) is 1. The number of hydrogen-bond donors (Lipinski definition) is 0. The van der Waals surface area contributed by atoms with Gasteiger partial charge in [0, 0.05) is 12.8 Å². The Hall–Kier alpha value is -1.85. The van der Waals surface area contributed by atoms with Gasteiger partial charge in [-0.3, -0.25) is 9.59 Å². The van der Waals surface area contributed by atoms with Crippen molar-refractivity contribution >= 4 is 11.8 Å². The maximum Gasteiger partial charge on any atom is 0.416 e. The Morgan fingerprint density at radius 3 is 2.40 bits per heavy atom. The lowest BCUT2D eigenvalue weighted by molar-refractivity contribution is -0.144. The molecule has 0 saturated carbocycles. The molecule has 0 aliphatic rings. The molecule has 0 saturated heterocycles. The zero-order valence-electron chi connectivity index (χ0n) is 11.0. The van der Waals surface area contributed by atoms with Crippen molar-refractivity contribution in [3.63, 3.8) is 0 Å². The summed E-state index contributed by atoms with van der Waals surface area (Å²) in [6, 6.07) is 4.93. The van der Waals surface area contributed by atoms with Gasteiger partial charge in [0.1, 0.15) is 5.78 Å². The monoisotopic (exact) mass is 288 g/mol. The van der Waals surface area contributed by atoms with Crippen molar-refractivity contribution in [2.75, 3.05) is 6.61 Å². The van der Waals surface area contributed by atoms with E-state index in [1.807, 2.05) is 0 Å². The van der Waals surface area contributed by atoms with Crippen LogP contribution in [0.5, 0.6) is 0 Å². The summed E-state index contributed by atoms with van der Waals surface area (Å²) in [5.41, 5.74) is -0.890. The van der Waals surface area contributed by atoms with E-state index < -0.39 is 23.5 Å². The average Bonchev–Trinajstić information content (AvgIpc) is 2.36. The summed E-state index contributed by atoms with van der Waals surface area (Å²) in [5.74, 6) is -0.945. The van der Waals surface area contributed by atoms with Crippen LogP contribution in [0.25, 0.3) is 0 Å². The molecule has 110 valence electrons. The molecular formula is C14H15F3O3. The van der Waals surface area contributed by atoms with Gasteiger partial charge in [0.15, 0.2) is 0 Å². The first-order valence-corrected chi connectivity index (χ1v) is 6.17. The first-order valence-electron chi connectivity index (χ1n) is 6.17. The summed E-state index contributed by atoms with van der Waals surface area (Å²) in [5, 5.41) is 0. The van der Waals surface area contributed by atoms with Crippen LogP contribution in [0.1, 0.15) is 30.9 Å². The van der Waals surface area contributed by atoms with Crippen molar-refractivity contribution in [1.29, 1.82) is 0 Å². The summed E-state index contributed by atoms with van der Waals surface area (Å²) in [4.78, 5) is 22.7. The number of ketones is 1. The largest absolute Gasteiger partial charge is 0.466 e. The Bertz CT molecular complexity index is 481. The Balaban J connectivity index is 2.65. The van der Waals surface area contributed by atoms with Gasteiger partial charge < -0.3 is 4.74 Å². The minimum Gasteiger partial charge on any atom is -0.466 e. The maximum absolute atomic E-state index is 12.7. The highest BCUT2D eigenvalue weighted by Gasteiger charge is 2.33. The second-order valence-corrected chi connectivity index (χ2v) is 4.18. The zero-order chi connectivity index (χ0) is 15.2. The standard InChI is InChI=1S/C14H15F3O3/c1-2-20-13(19)8-7-11(18)9-10-5-3-4-6-12(10)14(15,16)17/h3-6H,2,7-9H2,1H3. The molecule has 0 atom stereocenters. The molecular weight excluding hydrogens is 273 g/mol. The highest BCUT2D eigenvalue weighted by molar-refractivity contribution is 5.84. The van der Waals surface area contributed by atoms with Crippen molar-refractivity contribution in [2.45, 2.75) is 32.4 Å². The van der Waals surface area contributed by atoms with E-state index in [0.717, 1.165) is 6.07 Å². The number of alkyl halides is 3. The maximum atomic E-state index is 12.7. The fourth-order valence-electron chi connectivity index (χ4n) is 1.73. The fraction of sp³-hybridized carbons (Fsp3) is 0.429. The quantitative estimate of drug-likeness (QED) is 0.755. The Morgan fingerprint density at radius 2 is 1.80 bits per heavy atom. The highest BCUT2D eigenvalue weighted by atomic mass is 19.4. The molecule has 0 spiro atoms. The van der Waals surface area contributed by atoms with E-state index in [1.54, 1.807) is 6.92 Å². The predicted molar refractivity (Wildman–Crippen MR) is 66.0 cm³/mol. The van der Waals surface area contributed by atoms with Crippen molar-refractivity contribution < 1.29 is 27.5 Å². The van der Waals surface area contributed by atoms with Crippen LogP contribution in [-0.4, -0.2) is 18.4 Å². The SMILES string of the molecule is CCOC(=O)CCC(=O)Cc1ccccc1C(F)(F)F. The van der Waals surface area contributed by atoms with E-state index in [2.05, 4.69) is 4.74 Å². The van der Waals surface area contributed by atoms with Crippen molar-refractivity contribution in [2.24, 2.45) is 0 Å². The molecule has 0 fully saturated rings. The second-order valence-electron chi connectivity index (χ2n) is 4.18. The van der Waals surface area contributed by atoms with E-state index in [0.29, 0.717) is 0 Å². The van der Waals surface area contributed by atoms with E-state index in [9.17, 15) is 22.8 Å². The zero-order valence-corrected chi connectivity index (χ0v) is 11.0. The number of carbonyl (C=O) groups is 2. The van der Waals surface area contributed by atoms with Gasteiger partial charge in [0.25, 0.3) is 0 Å². The molecule has 1 rings (SSSR count). The molecule has 0 aliphatic heterocycles. The van der Waals surface area contributed by atoms with Gasteiger partial charge in [-0.25, -0.2) is 0 Å². The molecule has 0 aliphatic carbocycles. The molecule has 0 bridgehead atoms. The fourth-order valence-corrected chi connectivity index (χ4v) is 1.73. The van der Waals surface area contributed by atoms with Gasteiger partial charge in [-0.1, -0.05) is 18.2 Å². The van der Waals surface area contributed by atoms with E-state index in [-0.39, 0.29) is 31.4 Å². The van der Waals surface area contributed by atoms with Crippen LogP contribution >= 0.6 is 0 Å². The highest BCUT2D eigenvalue weighted by Crippen LogP contribution is 2.32. The van der Waals surface area contributed by atoms with Gasteiger partial charge >= 0.3 is 12.1 Å². The third-order valence-electron chi connectivity index (χ3n) is 2.62. The molecule has 0 radical (unpaired) electrons. The molecule has 0 amide bonds. The predicted octanol–water partition coefficient (Wildman–Crippen LogP) is 3.16. The number of ether oxygens (including phenoxy) is 1. The lowest BCUT2D eigenvalue weighted by Gasteiger charge is -2.11. The Labute approximate surface area is 114 Å². The number of halogens is 3. The third kappa shape index (κ3) is 5.03. The summed E-state index contributed by atoms with van der Waals surface area (Å²) in [7, 11) is 0. The van der Waals surface area contributed by atoms with Crippen LogP contribution in [-0.2, 0) is 26.9 Å². The van der Waals surface area contributed by atoms with E-state index in [1.165, 1.54) is 18.2 Å². The molecule has 0 heterocycles. The van der Waals surface area contributed by atoms with Crippen LogP contribution < -0.4 is 0 Å². The van der Waals surface area contributed by atoms with Gasteiger partial charge in [-0.05, 0) is 18.6 Å². The number of carbonyl (C=O) groups excluding carboxylic acids is 2. The molecule has 1 aromatic rings. The lowest BCUT2D eigenvalue weighted by atomic mass is 10.00. The molecule has 20 heavy (non-hydrogen) atoms. The number of rotatable bonds is 6. The molecule has 6 heteroatoms. The smallest absolute Gasteiger partial charge is 0.416 e. The van der Waals surface area contributed by atoms with E-state index >= 15 is 0 Å². The molecule has 0 N–H and O–H groups in total. The Morgan fingerprint density at radius 1 is 1.15 bits per heavy atom. The van der Waals surface area contributed by atoms with Gasteiger partial charge in [-0.2, -0.15) is 13.2 Å². The normalized spacial score (nSPS) is 11.2. The van der Waals surface area contributed by atoms with Crippen LogP contribution in [0, 0.1) is 0 Å². The summed E-state index contributed by atoms with van der Waals surface area (Å²) >= 11 is 0.